The number of benzene rings is 2. The molecular weight excluding hydrogens is 420 g/mol. The highest BCUT2D eigenvalue weighted by Crippen LogP contribution is 2.35. The molecule has 1 aromatic heterocycles. The van der Waals surface area contributed by atoms with Gasteiger partial charge in [-0.25, -0.2) is 4.79 Å². The number of urea groups is 1. The molecule has 4 rings (SSSR count). The van der Waals surface area contributed by atoms with Crippen LogP contribution in [0.1, 0.15) is 12.5 Å². The van der Waals surface area contributed by atoms with Crippen molar-refractivity contribution in [3.05, 3.63) is 53.2 Å². The average Bonchev–Trinajstić information content (AvgIpc) is 3.58. The molecule has 0 aliphatic carbocycles. The van der Waals surface area contributed by atoms with Crippen LogP contribution in [-0.2, 0) is 4.74 Å². The van der Waals surface area contributed by atoms with Crippen LogP contribution in [0, 0.1) is 11.3 Å². The smallest absolute Gasteiger partial charge is 0.319 e. The molecule has 1 fully saturated rings. The van der Waals surface area contributed by atoms with E-state index in [9.17, 15) is 10.1 Å². The van der Waals surface area contributed by atoms with Crippen LogP contribution in [0.25, 0.3) is 10.9 Å². The van der Waals surface area contributed by atoms with Crippen molar-refractivity contribution in [2.24, 2.45) is 0 Å². The highest BCUT2D eigenvalue weighted by Gasteiger charge is 2.24. The topological polar surface area (TPSA) is 109 Å². The van der Waals surface area contributed by atoms with E-state index in [1.807, 2.05) is 6.92 Å². The van der Waals surface area contributed by atoms with Gasteiger partial charge in [0.25, 0.3) is 0 Å². The third kappa shape index (κ3) is 4.97. The zero-order valence-electron chi connectivity index (χ0n) is 16.6. The average molecular weight is 439 g/mol. The number of amides is 2. The molecule has 2 N–H and O–H groups in total. The lowest BCUT2D eigenvalue weighted by Crippen LogP contribution is -2.28. The summed E-state index contributed by atoms with van der Waals surface area (Å²) in [5.74, 6) is 1.45. The van der Waals surface area contributed by atoms with Crippen LogP contribution in [0.3, 0.4) is 0 Å². The normalized spacial score (nSPS) is 14.5. The Balaban J connectivity index is 1.58. The SMILES string of the molecule is CCNC(=O)Nc1ccc(Oc2ccnc3cc(OC[C@H]4CO4)c(C#N)cc23)cc1Cl. The van der Waals surface area contributed by atoms with E-state index in [0.29, 0.717) is 64.2 Å². The first kappa shape index (κ1) is 20.7. The molecule has 158 valence electrons. The van der Waals surface area contributed by atoms with Gasteiger partial charge in [-0.15, -0.1) is 0 Å². The lowest BCUT2D eigenvalue weighted by atomic mass is 10.1. The van der Waals surface area contributed by atoms with E-state index in [4.69, 9.17) is 25.8 Å². The first-order valence-electron chi connectivity index (χ1n) is 9.67. The second-order valence-electron chi connectivity index (χ2n) is 6.78. The van der Waals surface area contributed by atoms with Crippen molar-refractivity contribution < 1.29 is 19.0 Å². The number of nitrogens with zero attached hydrogens (tertiary/aromatic N) is 2. The summed E-state index contributed by atoms with van der Waals surface area (Å²) < 4.78 is 16.9. The second kappa shape index (κ2) is 9.08. The predicted octanol–water partition coefficient (Wildman–Crippen LogP) is 4.47. The van der Waals surface area contributed by atoms with Crippen LogP contribution in [0.5, 0.6) is 17.2 Å². The fourth-order valence-corrected chi connectivity index (χ4v) is 3.12. The number of hydrogen-bond donors (Lipinski definition) is 2. The summed E-state index contributed by atoms with van der Waals surface area (Å²) in [6.45, 7) is 3.40. The number of rotatable bonds is 7. The van der Waals surface area contributed by atoms with Gasteiger partial charge < -0.3 is 24.8 Å². The maximum Gasteiger partial charge on any atom is 0.319 e. The molecule has 2 aromatic carbocycles. The zero-order chi connectivity index (χ0) is 21.8. The monoisotopic (exact) mass is 438 g/mol. The highest BCUT2D eigenvalue weighted by molar-refractivity contribution is 6.33. The van der Waals surface area contributed by atoms with E-state index in [-0.39, 0.29) is 12.1 Å². The van der Waals surface area contributed by atoms with E-state index >= 15 is 0 Å². The lowest BCUT2D eigenvalue weighted by molar-refractivity contribution is 0.252. The summed E-state index contributed by atoms with van der Waals surface area (Å²) in [7, 11) is 0. The molecule has 1 atom stereocenters. The molecule has 1 aliphatic rings. The number of pyridine rings is 1. The lowest BCUT2D eigenvalue weighted by Gasteiger charge is -2.13. The molecule has 1 aliphatic heterocycles. The number of epoxide rings is 1. The maximum absolute atomic E-state index is 11.7. The predicted molar refractivity (Wildman–Crippen MR) is 116 cm³/mol. The Hall–Kier alpha value is -3.54. The Bertz CT molecular complexity index is 1170. The van der Waals surface area contributed by atoms with Crippen LogP contribution >= 0.6 is 11.6 Å². The Morgan fingerprint density at radius 1 is 1.32 bits per heavy atom. The number of aromatic nitrogens is 1. The molecule has 31 heavy (non-hydrogen) atoms. The minimum absolute atomic E-state index is 0.0834. The largest absolute Gasteiger partial charge is 0.489 e. The van der Waals surface area contributed by atoms with Crippen molar-refractivity contribution in [2.45, 2.75) is 13.0 Å². The molecule has 0 unspecified atom stereocenters. The fourth-order valence-electron chi connectivity index (χ4n) is 2.91. The summed E-state index contributed by atoms with van der Waals surface area (Å²) in [4.78, 5) is 16.1. The summed E-state index contributed by atoms with van der Waals surface area (Å²) >= 11 is 6.29. The number of ether oxygens (including phenoxy) is 3. The zero-order valence-corrected chi connectivity index (χ0v) is 17.4. The van der Waals surface area contributed by atoms with Crippen LogP contribution in [0.4, 0.5) is 10.5 Å². The maximum atomic E-state index is 11.7. The summed E-state index contributed by atoms with van der Waals surface area (Å²) in [6.07, 6.45) is 1.70. The standard InChI is InChI=1S/C22H19ClN4O4/c1-2-25-22(28)27-18-4-3-14(8-17(18)23)31-20-5-6-26-19-9-21(30-12-15-11-29-15)13(10-24)7-16(19)20/h3-9,15H,2,11-12H2,1H3,(H2,25,27,28)/t15-/m1/s1. The Morgan fingerprint density at radius 2 is 2.16 bits per heavy atom. The van der Waals surface area contributed by atoms with Gasteiger partial charge in [-0.1, -0.05) is 11.6 Å². The molecule has 2 heterocycles. The Kier molecular flexibility index (Phi) is 6.07. The summed E-state index contributed by atoms with van der Waals surface area (Å²) in [5, 5.41) is 15.8. The van der Waals surface area contributed by atoms with E-state index in [1.54, 1.807) is 42.6 Å². The number of carbonyl (C=O) groups is 1. The Labute approximate surface area is 183 Å². The van der Waals surface area contributed by atoms with Crippen molar-refractivity contribution in [2.75, 3.05) is 25.1 Å². The minimum atomic E-state index is -0.339. The molecule has 0 saturated carbocycles. The molecular formula is C22H19ClN4O4. The second-order valence-corrected chi connectivity index (χ2v) is 7.19. The number of halogens is 1. The summed E-state index contributed by atoms with van der Waals surface area (Å²) in [5.41, 5.74) is 1.47. The van der Waals surface area contributed by atoms with Gasteiger partial charge in [0, 0.05) is 30.3 Å². The summed E-state index contributed by atoms with van der Waals surface area (Å²) in [6, 6.07) is 11.9. The van der Waals surface area contributed by atoms with Gasteiger partial charge in [0.15, 0.2) is 0 Å². The van der Waals surface area contributed by atoms with Crippen molar-refractivity contribution in [1.82, 2.24) is 10.3 Å². The molecule has 0 radical (unpaired) electrons. The Morgan fingerprint density at radius 3 is 2.87 bits per heavy atom. The van der Waals surface area contributed by atoms with Crippen LogP contribution in [0.2, 0.25) is 5.02 Å². The quantitative estimate of drug-likeness (QED) is 0.527. The van der Waals surface area contributed by atoms with Gasteiger partial charge >= 0.3 is 6.03 Å². The van der Waals surface area contributed by atoms with E-state index < -0.39 is 0 Å². The van der Waals surface area contributed by atoms with Gasteiger partial charge in [-0.05, 0) is 31.2 Å². The van der Waals surface area contributed by atoms with E-state index in [2.05, 4.69) is 21.7 Å². The molecule has 9 heteroatoms. The van der Waals surface area contributed by atoms with Crippen LogP contribution < -0.4 is 20.1 Å². The number of hydrogen-bond acceptors (Lipinski definition) is 6. The molecule has 1 saturated heterocycles. The van der Waals surface area contributed by atoms with E-state index in [0.717, 1.165) is 0 Å². The molecule has 0 bridgehead atoms. The van der Waals surface area contributed by atoms with Crippen LogP contribution in [-0.4, -0.2) is 36.9 Å². The van der Waals surface area contributed by atoms with Gasteiger partial charge in [-0.3, -0.25) is 4.98 Å². The number of nitrogens with one attached hydrogen (secondary N) is 2. The van der Waals surface area contributed by atoms with Crippen molar-refractivity contribution in [3.63, 3.8) is 0 Å². The van der Waals surface area contributed by atoms with Gasteiger partial charge in [0.1, 0.15) is 36.0 Å². The third-order valence-corrected chi connectivity index (χ3v) is 4.82. The molecule has 3 aromatic rings. The fraction of sp³-hybridized carbons (Fsp3) is 0.227. The highest BCUT2D eigenvalue weighted by atomic mass is 35.5. The van der Waals surface area contributed by atoms with Crippen molar-refractivity contribution in [1.29, 1.82) is 5.26 Å². The van der Waals surface area contributed by atoms with Crippen LogP contribution in [0.15, 0.2) is 42.6 Å². The number of nitriles is 1. The number of fused-ring (bicyclic) bond motifs is 1. The van der Waals surface area contributed by atoms with Crippen molar-refractivity contribution in [3.8, 4) is 23.3 Å². The van der Waals surface area contributed by atoms with Gasteiger partial charge in [0.05, 0.1) is 28.4 Å². The van der Waals surface area contributed by atoms with Crippen molar-refractivity contribution >= 4 is 34.2 Å². The first-order valence-corrected chi connectivity index (χ1v) is 10.0. The first-order chi connectivity index (χ1) is 15.1. The minimum Gasteiger partial charge on any atom is -0.489 e. The van der Waals surface area contributed by atoms with Gasteiger partial charge in [0.2, 0.25) is 0 Å². The number of anilines is 1. The number of carbonyl (C=O) groups excluding carboxylic acids is 1. The molecule has 8 nitrogen and oxygen atoms in total. The van der Waals surface area contributed by atoms with E-state index in [1.165, 1.54) is 0 Å². The van der Waals surface area contributed by atoms with Gasteiger partial charge in [-0.2, -0.15) is 5.26 Å². The molecule has 0 spiro atoms. The molecule has 2 amide bonds. The third-order valence-electron chi connectivity index (χ3n) is 4.50.